The summed E-state index contributed by atoms with van der Waals surface area (Å²) in [5, 5.41) is 13.8. The molecule has 0 saturated carbocycles. The summed E-state index contributed by atoms with van der Waals surface area (Å²) >= 11 is 4.61. The number of hydrogen-bond acceptors (Lipinski definition) is 4. The maximum absolute atomic E-state index is 11.9. The van der Waals surface area contributed by atoms with Crippen molar-refractivity contribution in [2.24, 2.45) is 16.3 Å². The molecule has 1 aliphatic carbocycles. The van der Waals surface area contributed by atoms with E-state index in [0.717, 1.165) is 0 Å². The van der Waals surface area contributed by atoms with Crippen molar-refractivity contribution in [1.82, 2.24) is 5.43 Å². The minimum absolute atomic E-state index is 0.0213. The van der Waals surface area contributed by atoms with E-state index in [0.29, 0.717) is 18.6 Å². The number of allylic oxidation sites excluding steroid dienone is 2. The number of nitrogens with two attached hydrogens (primary N) is 1. The maximum Gasteiger partial charge on any atom is 0.184 e. The Hall–Kier alpha value is -1.43. The zero-order valence-electron chi connectivity index (χ0n) is 10.2. The zero-order valence-corrected chi connectivity index (χ0v) is 11.0. The summed E-state index contributed by atoms with van der Waals surface area (Å²) in [4.78, 5) is 11.9. The highest BCUT2D eigenvalue weighted by Gasteiger charge is 2.34. The molecule has 0 spiro atoms. The van der Waals surface area contributed by atoms with Crippen molar-refractivity contribution in [2.45, 2.75) is 33.6 Å². The number of rotatable bonds is 2. The molecule has 0 atom stereocenters. The first-order chi connectivity index (χ1) is 7.73. The number of nitrogens with zero attached hydrogens (tertiary/aromatic N) is 1. The van der Waals surface area contributed by atoms with E-state index >= 15 is 0 Å². The quantitative estimate of drug-likeness (QED) is 0.394. The molecule has 1 rings (SSSR count). The molecule has 0 radical (unpaired) electrons. The van der Waals surface area contributed by atoms with Gasteiger partial charge in [0, 0.05) is 12.8 Å². The molecule has 0 heterocycles. The summed E-state index contributed by atoms with van der Waals surface area (Å²) < 4.78 is 0. The Morgan fingerprint density at radius 2 is 2.12 bits per heavy atom. The van der Waals surface area contributed by atoms with Gasteiger partial charge < -0.3 is 10.8 Å². The number of aliphatic hydroxyl groups excluding tert-OH is 1. The summed E-state index contributed by atoms with van der Waals surface area (Å²) in [5.74, 6) is -0.0259. The Morgan fingerprint density at radius 3 is 2.59 bits per heavy atom. The summed E-state index contributed by atoms with van der Waals surface area (Å²) in [5.41, 5.74) is 8.10. The van der Waals surface area contributed by atoms with Crippen LogP contribution in [-0.4, -0.2) is 21.7 Å². The Morgan fingerprint density at radius 1 is 1.53 bits per heavy atom. The van der Waals surface area contributed by atoms with Gasteiger partial charge in [0.25, 0.3) is 0 Å². The molecular formula is C11H17N3O2S. The van der Waals surface area contributed by atoms with Gasteiger partial charge in [-0.2, -0.15) is 5.10 Å². The second-order valence-corrected chi connectivity index (χ2v) is 5.38. The van der Waals surface area contributed by atoms with Crippen LogP contribution in [0, 0.1) is 5.41 Å². The van der Waals surface area contributed by atoms with Crippen LogP contribution in [0.15, 0.2) is 16.4 Å². The van der Waals surface area contributed by atoms with Gasteiger partial charge in [-0.15, -0.1) is 0 Å². The van der Waals surface area contributed by atoms with Crippen LogP contribution in [0.5, 0.6) is 0 Å². The molecule has 0 aliphatic heterocycles. The number of nitrogens with one attached hydrogen (secondary N) is 1. The molecule has 0 aromatic rings. The number of Topliss-reactive ketones (excluding diaryl/α,β-unsaturated/α-hetero) is 1. The number of carbonyl (C=O) groups excluding carboxylic acids is 1. The van der Waals surface area contributed by atoms with Gasteiger partial charge in [-0.25, -0.2) is 0 Å². The number of ketones is 1. The monoisotopic (exact) mass is 255 g/mol. The number of carbonyl (C=O) groups is 1. The standard InChI is InChI=1S/C11H17N3O2S/c1-6(13-14-10(12)17)9-7(15)4-11(2,3)5-8(9)16/h15H,4-5H2,1-3H3,(H3,12,14,17). The van der Waals surface area contributed by atoms with E-state index in [9.17, 15) is 9.90 Å². The van der Waals surface area contributed by atoms with Gasteiger partial charge in [-0.05, 0) is 24.6 Å². The van der Waals surface area contributed by atoms with Gasteiger partial charge in [0.05, 0.1) is 11.3 Å². The molecule has 1 aliphatic rings. The average Bonchev–Trinajstić information content (AvgIpc) is 2.11. The number of thiocarbonyl (C=S) groups is 1. The van der Waals surface area contributed by atoms with Crippen LogP contribution in [0.2, 0.25) is 0 Å². The molecule has 0 aromatic heterocycles. The van der Waals surface area contributed by atoms with Crippen LogP contribution < -0.4 is 11.2 Å². The molecular weight excluding hydrogens is 238 g/mol. The Labute approximate surface area is 106 Å². The highest BCUT2D eigenvalue weighted by atomic mass is 32.1. The topological polar surface area (TPSA) is 87.7 Å². The van der Waals surface area contributed by atoms with Crippen molar-refractivity contribution < 1.29 is 9.90 Å². The van der Waals surface area contributed by atoms with Crippen molar-refractivity contribution >= 4 is 28.8 Å². The molecule has 94 valence electrons. The minimum atomic E-state index is -0.207. The number of hydrogen-bond donors (Lipinski definition) is 3. The molecule has 0 saturated heterocycles. The van der Waals surface area contributed by atoms with Crippen LogP contribution in [0.4, 0.5) is 0 Å². The molecule has 0 unspecified atom stereocenters. The number of hydrazone groups is 1. The number of aliphatic hydroxyl groups is 1. The van der Waals surface area contributed by atoms with Crippen molar-refractivity contribution in [1.29, 1.82) is 0 Å². The fourth-order valence-corrected chi connectivity index (χ4v) is 1.94. The zero-order chi connectivity index (χ0) is 13.2. The highest BCUT2D eigenvalue weighted by molar-refractivity contribution is 7.80. The third-order valence-electron chi connectivity index (χ3n) is 2.55. The normalized spacial score (nSPS) is 20.4. The summed E-state index contributed by atoms with van der Waals surface area (Å²) in [6, 6.07) is 0. The van der Waals surface area contributed by atoms with Gasteiger partial charge in [0.15, 0.2) is 10.9 Å². The molecule has 6 heteroatoms. The van der Waals surface area contributed by atoms with Gasteiger partial charge in [0.1, 0.15) is 5.76 Å². The van der Waals surface area contributed by atoms with Gasteiger partial charge in [-0.3, -0.25) is 10.2 Å². The first-order valence-electron chi connectivity index (χ1n) is 5.28. The second-order valence-electron chi connectivity index (χ2n) is 4.94. The first-order valence-corrected chi connectivity index (χ1v) is 5.69. The van der Waals surface area contributed by atoms with Crippen LogP contribution in [0.3, 0.4) is 0 Å². The van der Waals surface area contributed by atoms with E-state index in [1.807, 2.05) is 13.8 Å². The van der Waals surface area contributed by atoms with Crippen LogP contribution in [-0.2, 0) is 4.79 Å². The Kier molecular flexibility index (Phi) is 3.87. The molecule has 5 nitrogen and oxygen atoms in total. The van der Waals surface area contributed by atoms with E-state index in [1.54, 1.807) is 6.92 Å². The predicted molar refractivity (Wildman–Crippen MR) is 70.7 cm³/mol. The summed E-state index contributed by atoms with van der Waals surface area (Å²) in [6.45, 7) is 5.52. The lowest BCUT2D eigenvalue weighted by Crippen LogP contribution is -2.30. The molecule has 0 aromatic carbocycles. The third kappa shape index (κ3) is 3.52. The highest BCUT2D eigenvalue weighted by Crippen LogP contribution is 2.35. The van der Waals surface area contributed by atoms with Gasteiger partial charge >= 0.3 is 0 Å². The SMILES string of the molecule is CC(=NNC(N)=S)C1=C(O)CC(C)(C)CC1=O. The van der Waals surface area contributed by atoms with Crippen molar-refractivity contribution in [2.75, 3.05) is 0 Å². The Bertz CT molecular complexity index is 424. The van der Waals surface area contributed by atoms with E-state index in [1.165, 1.54) is 0 Å². The smallest absolute Gasteiger partial charge is 0.184 e. The van der Waals surface area contributed by atoms with Gasteiger partial charge in [0.2, 0.25) is 0 Å². The third-order valence-corrected chi connectivity index (χ3v) is 2.64. The van der Waals surface area contributed by atoms with E-state index in [4.69, 9.17) is 5.73 Å². The summed E-state index contributed by atoms with van der Waals surface area (Å²) in [6.07, 6.45) is 0.861. The first kappa shape index (κ1) is 13.6. The van der Waals surface area contributed by atoms with Crippen LogP contribution >= 0.6 is 12.2 Å². The molecule has 0 amide bonds. The average molecular weight is 255 g/mol. The van der Waals surface area contributed by atoms with E-state index in [2.05, 4.69) is 22.7 Å². The molecule has 0 fully saturated rings. The molecule has 0 bridgehead atoms. The lowest BCUT2D eigenvalue weighted by atomic mass is 9.76. The van der Waals surface area contributed by atoms with Crippen LogP contribution in [0.25, 0.3) is 0 Å². The largest absolute Gasteiger partial charge is 0.511 e. The second kappa shape index (κ2) is 4.83. The van der Waals surface area contributed by atoms with E-state index in [-0.39, 0.29) is 27.6 Å². The fraction of sp³-hybridized carbons (Fsp3) is 0.545. The van der Waals surface area contributed by atoms with E-state index < -0.39 is 0 Å². The molecule has 17 heavy (non-hydrogen) atoms. The molecule has 4 N–H and O–H groups in total. The Balaban J connectivity index is 3.00. The lowest BCUT2D eigenvalue weighted by Gasteiger charge is -2.29. The predicted octanol–water partition coefficient (Wildman–Crippen LogP) is 1.40. The van der Waals surface area contributed by atoms with Crippen molar-refractivity contribution in [3.05, 3.63) is 11.3 Å². The maximum atomic E-state index is 11.9. The van der Waals surface area contributed by atoms with Crippen molar-refractivity contribution in [3.63, 3.8) is 0 Å². The summed E-state index contributed by atoms with van der Waals surface area (Å²) in [7, 11) is 0. The van der Waals surface area contributed by atoms with Crippen LogP contribution in [0.1, 0.15) is 33.6 Å². The van der Waals surface area contributed by atoms with Gasteiger partial charge in [-0.1, -0.05) is 13.8 Å². The fourth-order valence-electron chi connectivity index (χ4n) is 1.89. The minimum Gasteiger partial charge on any atom is -0.511 e. The lowest BCUT2D eigenvalue weighted by molar-refractivity contribution is -0.117. The van der Waals surface area contributed by atoms with Crippen molar-refractivity contribution in [3.8, 4) is 0 Å².